The Hall–Kier alpha value is -2.87. The number of benzene rings is 2. The summed E-state index contributed by atoms with van der Waals surface area (Å²) >= 11 is 6.09. The first kappa shape index (κ1) is 24.3. The van der Waals surface area contributed by atoms with Crippen molar-refractivity contribution in [2.75, 3.05) is 46.5 Å². The van der Waals surface area contributed by atoms with Crippen LogP contribution >= 0.6 is 11.6 Å². The minimum atomic E-state index is -0.690. The molecule has 0 aromatic heterocycles. The molecule has 2 saturated heterocycles. The lowest BCUT2D eigenvalue weighted by molar-refractivity contribution is -0.140. The Balaban J connectivity index is 1.68. The number of methoxy groups -OCH3 is 1. The number of likely N-dealkylation sites (tertiary alicyclic amines) is 1. The van der Waals surface area contributed by atoms with Gasteiger partial charge in [-0.25, -0.2) is 0 Å². The molecule has 4 rings (SSSR count). The first-order valence-electron chi connectivity index (χ1n) is 11.4. The van der Waals surface area contributed by atoms with E-state index in [-0.39, 0.29) is 11.3 Å². The molecule has 2 heterocycles. The Bertz CT molecular complexity index is 1090. The van der Waals surface area contributed by atoms with Crippen LogP contribution in [0.2, 0.25) is 5.02 Å². The number of aliphatic hydroxyl groups is 1. The average molecular weight is 485 g/mol. The number of amides is 1. The number of hydrogen-bond acceptors (Lipinski definition) is 6. The highest BCUT2D eigenvalue weighted by atomic mass is 35.5. The molecule has 1 amide bonds. The molecule has 2 aromatic carbocycles. The average Bonchev–Trinajstić information content (AvgIpc) is 3.09. The molecule has 2 aliphatic rings. The highest BCUT2D eigenvalue weighted by molar-refractivity contribution is 6.46. The highest BCUT2D eigenvalue weighted by Gasteiger charge is 2.45. The third kappa shape index (κ3) is 4.97. The lowest BCUT2D eigenvalue weighted by Gasteiger charge is -2.29. The Morgan fingerprint density at radius 3 is 2.47 bits per heavy atom. The fourth-order valence-electron chi connectivity index (χ4n) is 4.57. The van der Waals surface area contributed by atoms with Gasteiger partial charge in [-0.2, -0.15) is 0 Å². The second-order valence-electron chi connectivity index (χ2n) is 8.54. The lowest BCUT2D eigenvalue weighted by Crippen LogP contribution is -2.38. The van der Waals surface area contributed by atoms with Crippen molar-refractivity contribution in [3.05, 3.63) is 69.8 Å². The van der Waals surface area contributed by atoms with Gasteiger partial charge in [0.2, 0.25) is 0 Å². The predicted octanol–water partition coefficient (Wildman–Crippen LogP) is 3.80. The van der Waals surface area contributed by atoms with Crippen molar-refractivity contribution >= 4 is 29.1 Å². The molecule has 2 fully saturated rings. The summed E-state index contributed by atoms with van der Waals surface area (Å²) in [7, 11) is 1.57. The van der Waals surface area contributed by atoms with Gasteiger partial charge < -0.3 is 19.5 Å². The molecule has 0 spiro atoms. The SMILES string of the molecule is COc1ccc(/C(O)=C2\C(=O)C(=O)N(CCCN3CCOCC3)[C@@H]2c2ccc(Cl)cc2)cc1C. The van der Waals surface area contributed by atoms with Crippen LogP contribution in [0.15, 0.2) is 48.0 Å². The molecule has 34 heavy (non-hydrogen) atoms. The van der Waals surface area contributed by atoms with E-state index in [0.717, 1.165) is 30.8 Å². The Kier molecular flexibility index (Phi) is 7.56. The summed E-state index contributed by atoms with van der Waals surface area (Å²) in [4.78, 5) is 30.1. The topological polar surface area (TPSA) is 79.3 Å². The summed E-state index contributed by atoms with van der Waals surface area (Å²) in [5, 5.41) is 11.8. The molecule has 0 aliphatic carbocycles. The number of carbonyl (C=O) groups excluding carboxylic acids is 2. The Morgan fingerprint density at radius 2 is 1.82 bits per heavy atom. The molecule has 180 valence electrons. The molecule has 0 unspecified atom stereocenters. The van der Waals surface area contributed by atoms with Gasteiger partial charge in [-0.05, 0) is 54.8 Å². The molecule has 0 bridgehead atoms. The van der Waals surface area contributed by atoms with Crippen LogP contribution in [0.3, 0.4) is 0 Å². The van der Waals surface area contributed by atoms with E-state index in [1.165, 1.54) is 0 Å². The zero-order valence-corrected chi connectivity index (χ0v) is 20.2. The molecule has 7 nitrogen and oxygen atoms in total. The first-order valence-corrected chi connectivity index (χ1v) is 11.8. The molecule has 8 heteroatoms. The molecule has 0 radical (unpaired) electrons. The van der Waals surface area contributed by atoms with Gasteiger partial charge in [0.05, 0.1) is 31.9 Å². The van der Waals surface area contributed by atoms with E-state index < -0.39 is 17.7 Å². The van der Waals surface area contributed by atoms with E-state index in [9.17, 15) is 14.7 Å². The zero-order valence-electron chi connectivity index (χ0n) is 19.4. The molecule has 2 aromatic rings. The predicted molar refractivity (Wildman–Crippen MR) is 130 cm³/mol. The lowest BCUT2D eigenvalue weighted by atomic mass is 9.94. The van der Waals surface area contributed by atoms with Crippen LogP contribution in [-0.4, -0.2) is 73.1 Å². The van der Waals surface area contributed by atoms with Crippen LogP contribution < -0.4 is 4.74 Å². The van der Waals surface area contributed by atoms with E-state index in [2.05, 4.69) is 4.90 Å². The van der Waals surface area contributed by atoms with Crippen molar-refractivity contribution in [1.29, 1.82) is 0 Å². The highest BCUT2D eigenvalue weighted by Crippen LogP contribution is 2.40. The number of morpholine rings is 1. The van der Waals surface area contributed by atoms with Crippen LogP contribution in [0.5, 0.6) is 5.75 Å². The fraction of sp³-hybridized carbons (Fsp3) is 0.385. The second kappa shape index (κ2) is 10.6. The zero-order chi connectivity index (χ0) is 24.2. The number of nitrogens with zero attached hydrogens (tertiary/aromatic N) is 2. The van der Waals surface area contributed by atoms with Crippen LogP contribution in [0, 0.1) is 6.92 Å². The fourth-order valence-corrected chi connectivity index (χ4v) is 4.70. The van der Waals surface area contributed by atoms with Gasteiger partial charge in [-0.3, -0.25) is 14.5 Å². The van der Waals surface area contributed by atoms with Crippen molar-refractivity contribution in [1.82, 2.24) is 9.80 Å². The number of hydrogen-bond donors (Lipinski definition) is 1. The largest absolute Gasteiger partial charge is 0.507 e. The molecule has 1 atom stereocenters. The maximum atomic E-state index is 13.2. The maximum Gasteiger partial charge on any atom is 0.295 e. The second-order valence-corrected chi connectivity index (χ2v) is 8.97. The summed E-state index contributed by atoms with van der Waals surface area (Å²) < 4.78 is 10.7. The van der Waals surface area contributed by atoms with Gasteiger partial charge >= 0.3 is 0 Å². The molecule has 1 N–H and O–H groups in total. The van der Waals surface area contributed by atoms with E-state index >= 15 is 0 Å². The molecular weight excluding hydrogens is 456 g/mol. The molecule has 2 aliphatic heterocycles. The van der Waals surface area contributed by atoms with E-state index in [1.54, 1.807) is 54.5 Å². The summed E-state index contributed by atoms with van der Waals surface area (Å²) in [5.41, 5.74) is 2.09. The van der Waals surface area contributed by atoms with Crippen molar-refractivity contribution in [2.45, 2.75) is 19.4 Å². The van der Waals surface area contributed by atoms with Crippen molar-refractivity contribution in [3.63, 3.8) is 0 Å². The standard InChI is InChI=1S/C26H29ClN2O5/c1-17-16-19(6-9-21(17)33-2)24(30)22-23(18-4-7-20(27)8-5-18)29(26(32)25(22)31)11-3-10-28-12-14-34-15-13-28/h4-9,16,23,30H,3,10-15H2,1-2H3/b24-22+/t23-/m1/s1. The first-order chi connectivity index (χ1) is 16.4. The number of carbonyl (C=O) groups is 2. The van der Waals surface area contributed by atoms with E-state index in [0.29, 0.717) is 42.5 Å². The van der Waals surface area contributed by atoms with Crippen LogP contribution in [-0.2, 0) is 14.3 Å². The number of ketones is 1. The third-order valence-electron chi connectivity index (χ3n) is 6.37. The number of aryl methyl sites for hydroxylation is 1. The summed E-state index contributed by atoms with van der Waals surface area (Å²) in [6.07, 6.45) is 0.707. The van der Waals surface area contributed by atoms with Crippen LogP contribution in [0.4, 0.5) is 0 Å². The Morgan fingerprint density at radius 1 is 1.12 bits per heavy atom. The summed E-state index contributed by atoms with van der Waals surface area (Å²) in [6, 6.07) is 11.5. The van der Waals surface area contributed by atoms with Gasteiger partial charge in [0, 0.05) is 36.8 Å². The number of ether oxygens (including phenoxy) is 2. The van der Waals surface area contributed by atoms with Crippen molar-refractivity contribution in [2.24, 2.45) is 0 Å². The quantitative estimate of drug-likeness (QED) is 0.366. The minimum absolute atomic E-state index is 0.0864. The summed E-state index contributed by atoms with van der Waals surface area (Å²) in [5.74, 6) is -0.805. The van der Waals surface area contributed by atoms with Gasteiger partial charge in [0.15, 0.2) is 0 Å². The molecule has 0 saturated carbocycles. The van der Waals surface area contributed by atoms with Crippen molar-refractivity contribution in [3.8, 4) is 5.75 Å². The monoisotopic (exact) mass is 484 g/mol. The smallest absolute Gasteiger partial charge is 0.295 e. The van der Waals surface area contributed by atoms with Crippen LogP contribution in [0.25, 0.3) is 5.76 Å². The maximum absolute atomic E-state index is 13.2. The van der Waals surface area contributed by atoms with Crippen LogP contribution in [0.1, 0.15) is 29.2 Å². The summed E-state index contributed by atoms with van der Waals surface area (Å²) in [6.45, 7) is 6.18. The van der Waals surface area contributed by atoms with Crippen molar-refractivity contribution < 1.29 is 24.2 Å². The minimum Gasteiger partial charge on any atom is -0.507 e. The normalized spacial score (nSPS) is 20.7. The molecular formula is C26H29ClN2O5. The van der Waals surface area contributed by atoms with E-state index in [1.807, 2.05) is 6.92 Å². The van der Waals surface area contributed by atoms with Gasteiger partial charge in [0.25, 0.3) is 11.7 Å². The van der Waals surface area contributed by atoms with Gasteiger partial charge in [-0.15, -0.1) is 0 Å². The number of aliphatic hydroxyl groups excluding tert-OH is 1. The van der Waals surface area contributed by atoms with E-state index in [4.69, 9.17) is 21.1 Å². The van der Waals surface area contributed by atoms with Gasteiger partial charge in [-0.1, -0.05) is 23.7 Å². The number of Topliss-reactive ketones (excluding diaryl/α,β-unsaturated/α-hetero) is 1. The Labute approximate surface area is 204 Å². The van der Waals surface area contributed by atoms with Gasteiger partial charge in [0.1, 0.15) is 11.5 Å². The third-order valence-corrected chi connectivity index (χ3v) is 6.62. The number of halogens is 1. The number of rotatable bonds is 7.